The van der Waals surface area contributed by atoms with Crippen LogP contribution < -0.4 is 0 Å². The first kappa shape index (κ1) is 5.54. The smallest absolute Gasteiger partial charge is 0.136 e. The first-order valence-corrected chi connectivity index (χ1v) is 2.98. The van der Waals surface area contributed by atoms with Crippen LogP contribution in [-0.4, -0.2) is 5.78 Å². The van der Waals surface area contributed by atoms with Crippen molar-refractivity contribution in [2.24, 2.45) is 5.92 Å². The third-order valence-electron chi connectivity index (χ3n) is 1.65. The topological polar surface area (TPSA) is 17.1 Å². The summed E-state index contributed by atoms with van der Waals surface area (Å²) in [7, 11) is 0. The number of carbonyl (C=O) groups excluding carboxylic acids is 1. The Morgan fingerprint density at radius 1 is 1.88 bits per heavy atom. The zero-order valence-electron chi connectivity index (χ0n) is 4.89. The molecular weight excluding hydrogens is 100 g/mol. The van der Waals surface area contributed by atoms with Crippen LogP contribution in [0.15, 0.2) is 12.7 Å². The van der Waals surface area contributed by atoms with Crippen LogP contribution in [0.5, 0.6) is 0 Å². The van der Waals surface area contributed by atoms with Gasteiger partial charge in [-0.2, -0.15) is 0 Å². The predicted octanol–water partition coefficient (Wildman–Crippen LogP) is 1.54. The molecule has 1 rings (SSSR count). The third kappa shape index (κ3) is 0.808. The maximum atomic E-state index is 10.6. The second-order valence-electron chi connectivity index (χ2n) is 2.23. The van der Waals surface area contributed by atoms with Crippen LogP contribution in [0.3, 0.4) is 0 Å². The van der Waals surface area contributed by atoms with E-state index in [-0.39, 0.29) is 0 Å². The Morgan fingerprint density at radius 3 is 2.75 bits per heavy atom. The Bertz CT molecular complexity index is 116. The van der Waals surface area contributed by atoms with Crippen molar-refractivity contribution in [3.05, 3.63) is 12.7 Å². The van der Waals surface area contributed by atoms with Crippen LogP contribution >= 0.6 is 0 Å². The Morgan fingerprint density at radius 2 is 2.62 bits per heavy atom. The lowest BCUT2D eigenvalue weighted by molar-refractivity contribution is -0.128. The summed E-state index contributed by atoms with van der Waals surface area (Å²) in [6.45, 7) is 3.56. The van der Waals surface area contributed by atoms with Crippen LogP contribution in [0.2, 0.25) is 0 Å². The third-order valence-corrected chi connectivity index (χ3v) is 1.65. The van der Waals surface area contributed by atoms with Gasteiger partial charge >= 0.3 is 0 Å². The quantitative estimate of drug-likeness (QED) is 0.493. The maximum Gasteiger partial charge on any atom is 0.136 e. The van der Waals surface area contributed by atoms with E-state index in [1.165, 1.54) is 0 Å². The van der Waals surface area contributed by atoms with Crippen LogP contribution in [0, 0.1) is 5.92 Å². The van der Waals surface area contributed by atoms with E-state index < -0.39 is 0 Å². The van der Waals surface area contributed by atoms with Crippen LogP contribution in [0.1, 0.15) is 19.3 Å². The van der Waals surface area contributed by atoms with E-state index in [9.17, 15) is 4.79 Å². The fourth-order valence-electron chi connectivity index (χ4n) is 0.917. The summed E-state index contributed by atoms with van der Waals surface area (Å²) in [6, 6.07) is 0. The second-order valence-corrected chi connectivity index (χ2v) is 2.23. The van der Waals surface area contributed by atoms with E-state index in [1.807, 2.05) is 6.08 Å². The summed E-state index contributed by atoms with van der Waals surface area (Å²) in [5, 5.41) is 0. The first-order chi connectivity index (χ1) is 3.84. The molecule has 1 heteroatoms. The lowest BCUT2D eigenvalue weighted by atomic mass is 9.81. The van der Waals surface area contributed by atoms with Gasteiger partial charge in [-0.3, -0.25) is 4.79 Å². The van der Waals surface area contributed by atoms with Crippen molar-refractivity contribution in [2.45, 2.75) is 19.3 Å². The molecule has 0 N–H and O–H groups in total. The maximum absolute atomic E-state index is 10.6. The normalized spacial score (nSPS) is 27.0. The number of Topliss-reactive ketones (excluding diaryl/α,β-unsaturated/α-hetero) is 1. The molecule has 8 heavy (non-hydrogen) atoms. The van der Waals surface area contributed by atoms with Crippen LogP contribution in [0.4, 0.5) is 0 Å². The Balaban J connectivity index is 2.26. The van der Waals surface area contributed by atoms with Gasteiger partial charge in [0, 0.05) is 12.3 Å². The van der Waals surface area contributed by atoms with Gasteiger partial charge in [0.05, 0.1) is 0 Å². The zero-order chi connectivity index (χ0) is 5.98. The minimum atomic E-state index is 0.340. The number of hydrogen-bond acceptors (Lipinski definition) is 1. The number of ketones is 1. The molecule has 1 fully saturated rings. The molecule has 0 aromatic rings. The van der Waals surface area contributed by atoms with E-state index in [0.717, 1.165) is 19.3 Å². The molecule has 1 atom stereocenters. The fourth-order valence-corrected chi connectivity index (χ4v) is 0.917. The van der Waals surface area contributed by atoms with Gasteiger partial charge < -0.3 is 0 Å². The lowest BCUT2D eigenvalue weighted by Gasteiger charge is -2.21. The monoisotopic (exact) mass is 110 g/mol. The van der Waals surface area contributed by atoms with E-state index in [2.05, 4.69) is 6.58 Å². The molecule has 0 heterocycles. The largest absolute Gasteiger partial charge is 0.299 e. The minimum Gasteiger partial charge on any atom is -0.299 e. The molecule has 1 aliphatic rings. The molecule has 1 saturated carbocycles. The molecule has 1 nitrogen and oxygen atoms in total. The molecule has 0 amide bonds. The van der Waals surface area contributed by atoms with Crippen LogP contribution in [0.25, 0.3) is 0 Å². The highest BCUT2D eigenvalue weighted by molar-refractivity contribution is 5.86. The van der Waals surface area contributed by atoms with Crippen molar-refractivity contribution in [2.75, 3.05) is 0 Å². The van der Waals surface area contributed by atoms with Crippen molar-refractivity contribution < 1.29 is 4.79 Å². The van der Waals surface area contributed by atoms with E-state index in [1.54, 1.807) is 0 Å². The molecule has 1 aliphatic carbocycles. The van der Waals surface area contributed by atoms with Crippen molar-refractivity contribution >= 4 is 5.78 Å². The van der Waals surface area contributed by atoms with E-state index in [4.69, 9.17) is 0 Å². The van der Waals surface area contributed by atoms with Gasteiger partial charge in [0.1, 0.15) is 5.78 Å². The Kier molecular flexibility index (Phi) is 1.47. The van der Waals surface area contributed by atoms with E-state index in [0.29, 0.717) is 11.7 Å². The number of hydrogen-bond donors (Lipinski definition) is 0. The molecule has 1 unspecified atom stereocenters. The number of carbonyl (C=O) groups is 1. The lowest BCUT2D eigenvalue weighted by Crippen LogP contribution is -2.24. The number of rotatable bonds is 2. The highest BCUT2D eigenvalue weighted by Gasteiger charge is 2.25. The van der Waals surface area contributed by atoms with Crippen molar-refractivity contribution in [1.29, 1.82) is 0 Å². The molecule has 0 saturated heterocycles. The molecule has 0 bridgehead atoms. The highest BCUT2D eigenvalue weighted by Crippen LogP contribution is 2.25. The van der Waals surface area contributed by atoms with E-state index >= 15 is 0 Å². The predicted molar refractivity (Wildman–Crippen MR) is 32.5 cm³/mol. The Labute approximate surface area is 49.4 Å². The summed E-state index contributed by atoms with van der Waals surface area (Å²) in [4.78, 5) is 10.6. The Hall–Kier alpha value is -0.590. The van der Waals surface area contributed by atoms with Crippen LogP contribution in [-0.2, 0) is 4.79 Å². The summed E-state index contributed by atoms with van der Waals surface area (Å²) in [5.74, 6) is 0.761. The van der Waals surface area contributed by atoms with Gasteiger partial charge in [-0.05, 0) is 12.8 Å². The van der Waals surface area contributed by atoms with Gasteiger partial charge in [0.2, 0.25) is 0 Å². The van der Waals surface area contributed by atoms with Crippen molar-refractivity contribution in [3.63, 3.8) is 0 Å². The molecule has 0 spiro atoms. The SMILES string of the molecule is C=CCC1CCC1=O. The zero-order valence-corrected chi connectivity index (χ0v) is 4.89. The number of allylic oxidation sites excluding steroid dienone is 1. The molecule has 44 valence electrons. The van der Waals surface area contributed by atoms with Crippen molar-refractivity contribution in [3.8, 4) is 0 Å². The average molecular weight is 110 g/mol. The molecule has 0 aromatic carbocycles. The summed E-state index contributed by atoms with van der Waals surface area (Å²) in [6.07, 6.45) is 4.60. The molecular formula is C7H10O. The van der Waals surface area contributed by atoms with Gasteiger partial charge in [-0.25, -0.2) is 0 Å². The van der Waals surface area contributed by atoms with Crippen molar-refractivity contribution in [1.82, 2.24) is 0 Å². The second kappa shape index (κ2) is 2.12. The molecule has 0 aliphatic heterocycles. The summed E-state index contributed by atoms with van der Waals surface area (Å²) in [5.41, 5.74) is 0. The summed E-state index contributed by atoms with van der Waals surface area (Å²) >= 11 is 0. The van der Waals surface area contributed by atoms with Gasteiger partial charge in [-0.15, -0.1) is 6.58 Å². The summed E-state index contributed by atoms with van der Waals surface area (Å²) < 4.78 is 0. The fraction of sp³-hybridized carbons (Fsp3) is 0.571. The van der Waals surface area contributed by atoms with Gasteiger partial charge in [0.25, 0.3) is 0 Å². The average Bonchev–Trinajstić information content (AvgIpc) is 1.79. The first-order valence-electron chi connectivity index (χ1n) is 2.98. The minimum absolute atomic E-state index is 0.340. The van der Waals surface area contributed by atoms with Gasteiger partial charge in [0.15, 0.2) is 0 Å². The van der Waals surface area contributed by atoms with Gasteiger partial charge in [-0.1, -0.05) is 6.08 Å². The molecule has 0 aromatic heterocycles. The molecule has 0 radical (unpaired) electrons. The standard InChI is InChI=1S/C7H10O/c1-2-3-6-4-5-7(6)8/h2,6H,1,3-5H2. The highest BCUT2D eigenvalue weighted by atomic mass is 16.1.